The first-order valence-corrected chi connectivity index (χ1v) is 9.43. The minimum atomic E-state index is 0.0343. The van der Waals surface area contributed by atoms with Crippen molar-refractivity contribution in [1.29, 1.82) is 0 Å². The molecule has 0 aromatic carbocycles. The lowest BCUT2D eigenvalue weighted by Gasteiger charge is -2.35. The van der Waals surface area contributed by atoms with Crippen molar-refractivity contribution in [3.8, 4) is 0 Å². The highest BCUT2D eigenvalue weighted by atomic mass is 35.5. The monoisotopic (exact) mass is 333 g/mol. The van der Waals surface area contributed by atoms with Crippen LogP contribution in [0.4, 0.5) is 0 Å². The van der Waals surface area contributed by atoms with Crippen molar-refractivity contribution in [2.24, 2.45) is 11.3 Å². The van der Waals surface area contributed by atoms with Crippen LogP contribution >= 0.6 is 34.5 Å². The van der Waals surface area contributed by atoms with Crippen molar-refractivity contribution in [2.45, 2.75) is 58.3 Å². The Balaban J connectivity index is 2.17. The molecule has 0 saturated heterocycles. The third-order valence-corrected chi connectivity index (χ3v) is 6.49. The molecule has 2 rings (SSSR count). The predicted molar refractivity (Wildman–Crippen MR) is 90.3 cm³/mol. The standard InChI is InChI=1S/C16H25Cl2NS/c1-15(2,3)13-9-20-14(19-13)8-16(10-17,11-18)12-6-4-5-7-12/h9,12H,4-8,10-11H2,1-3H3. The van der Waals surface area contributed by atoms with Crippen molar-refractivity contribution in [2.75, 3.05) is 11.8 Å². The first kappa shape index (κ1) is 16.6. The van der Waals surface area contributed by atoms with Gasteiger partial charge in [-0.15, -0.1) is 34.5 Å². The number of hydrogen-bond acceptors (Lipinski definition) is 2. The lowest BCUT2D eigenvalue weighted by molar-refractivity contribution is 0.224. The molecule has 0 amide bonds. The molecule has 0 spiro atoms. The van der Waals surface area contributed by atoms with Gasteiger partial charge in [0, 0.05) is 34.4 Å². The van der Waals surface area contributed by atoms with E-state index >= 15 is 0 Å². The summed E-state index contributed by atoms with van der Waals surface area (Å²) < 4.78 is 0. The second-order valence-electron chi connectivity index (χ2n) is 7.16. The summed E-state index contributed by atoms with van der Waals surface area (Å²) >= 11 is 14.5. The van der Waals surface area contributed by atoms with Gasteiger partial charge in [-0.1, -0.05) is 33.6 Å². The Kier molecular flexibility index (Phi) is 5.42. The Labute approximate surface area is 137 Å². The average Bonchev–Trinajstić information content (AvgIpc) is 3.06. The topological polar surface area (TPSA) is 12.9 Å². The Morgan fingerprint density at radius 2 is 1.80 bits per heavy atom. The van der Waals surface area contributed by atoms with E-state index in [1.165, 1.54) is 36.4 Å². The molecule has 1 nitrogen and oxygen atoms in total. The highest BCUT2D eigenvalue weighted by molar-refractivity contribution is 7.09. The fourth-order valence-electron chi connectivity index (χ4n) is 3.07. The van der Waals surface area contributed by atoms with E-state index in [1.54, 1.807) is 11.3 Å². The van der Waals surface area contributed by atoms with E-state index in [4.69, 9.17) is 28.2 Å². The van der Waals surface area contributed by atoms with Crippen LogP contribution in [-0.4, -0.2) is 16.7 Å². The van der Waals surface area contributed by atoms with Gasteiger partial charge < -0.3 is 0 Å². The summed E-state index contributed by atoms with van der Waals surface area (Å²) in [5.41, 5.74) is 1.33. The van der Waals surface area contributed by atoms with Gasteiger partial charge in [-0.05, 0) is 18.8 Å². The quantitative estimate of drug-likeness (QED) is 0.635. The highest BCUT2D eigenvalue weighted by Gasteiger charge is 2.40. The van der Waals surface area contributed by atoms with Gasteiger partial charge in [0.2, 0.25) is 0 Å². The molecule has 1 heterocycles. The molecule has 0 N–H and O–H groups in total. The fraction of sp³-hybridized carbons (Fsp3) is 0.812. The van der Waals surface area contributed by atoms with Gasteiger partial charge in [-0.2, -0.15) is 0 Å². The summed E-state index contributed by atoms with van der Waals surface area (Å²) in [6.07, 6.45) is 6.13. The molecule has 1 aromatic heterocycles. The smallest absolute Gasteiger partial charge is 0.0935 e. The molecular weight excluding hydrogens is 309 g/mol. The molecule has 1 fully saturated rings. The van der Waals surface area contributed by atoms with Crippen LogP contribution in [0, 0.1) is 11.3 Å². The number of alkyl halides is 2. The summed E-state index contributed by atoms with van der Waals surface area (Å²) in [5, 5.41) is 3.39. The van der Waals surface area contributed by atoms with Crippen molar-refractivity contribution in [3.63, 3.8) is 0 Å². The van der Waals surface area contributed by atoms with Gasteiger partial charge in [0.15, 0.2) is 0 Å². The summed E-state index contributed by atoms with van der Waals surface area (Å²) in [6.45, 7) is 6.62. The van der Waals surface area contributed by atoms with E-state index in [0.717, 1.165) is 6.42 Å². The van der Waals surface area contributed by atoms with Crippen molar-refractivity contribution in [1.82, 2.24) is 4.98 Å². The maximum atomic E-state index is 6.34. The highest BCUT2D eigenvalue weighted by Crippen LogP contribution is 2.44. The Hall–Kier alpha value is 0.210. The van der Waals surface area contributed by atoms with Crippen LogP contribution in [0.25, 0.3) is 0 Å². The van der Waals surface area contributed by atoms with Gasteiger partial charge in [0.1, 0.15) is 0 Å². The van der Waals surface area contributed by atoms with Crippen LogP contribution in [-0.2, 0) is 11.8 Å². The van der Waals surface area contributed by atoms with Gasteiger partial charge in [0.25, 0.3) is 0 Å². The number of nitrogens with zero attached hydrogens (tertiary/aromatic N) is 1. The molecule has 1 aromatic rings. The number of thiazole rings is 1. The van der Waals surface area contributed by atoms with Crippen LogP contribution in [0.2, 0.25) is 0 Å². The Morgan fingerprint density at radius 1 is 1.20 bits per heavy atom. The lowest BCUT2D eigenvalue weighted by atomic mass is 9.75. The fourth-order valence-corrected chi connectivity index (χ4v) is 5.16. The zero-order valence-electron chi connectivity index (χ0n) is 12.7. The maximum absolute atomic E-state index is 6.34. The molecule has 20 heavy (non-hydrogen) atoms. The first-order valence-electron chi connectivity index (χ1n) is 7.48. The predicted octanol–water partition coefficient (Wildman–Crippen LogP) is 5.64. The van der Waals surface area contributed by atoms with Gasteiger partial charge in [0.05, 0.1) is 10.7 Å². The van der Waals surface area contributed by atoms with Crippen LogP contribution in [0.1, 0.15) is 57.2 Å². The van der Waals surface area contributed by atoms with Gasteiger partial charge >= 0.3 is 0 Å². The minimum Gasteiger partial charge on any atom is -0.246 e. The first-order chi connectivity index (χ1) is 9.41. The van der Waals surface area contributed by atoms with Gasteiger partial charge in [-0.3, -0.25) is 0 Å². The van der Waals surface area contributed by atoms with Crippen molar-refractivity contribution >= 4 is 34.5 Å². The minimum absolute atomic E-state index is 0.0343. The number of halogens is 2. The van der Waals surface area contributed by atoms with Crippen molar-refractivity contribution < 1.29 is 0 Å². The Bertz CT molecular complexity index is 426. The maximum Gasteiger partial charge on any atom is 0.0935 e. The molecule has 1 aliphatic rings. The molecule has 4 heteroatoms. The van der Waals surface area contributed by atoms with Crippen LogP contribution < -0.4 is 0 Å². The number of aromatic nitrogens is 1. The van der Waals surface area contributed by atoms with Crippen LogP contribution in [0.15, 0.2) is 5.38 Å². The third-order valence-electron chi connectivity index (χ3n) is 4.58. The molecule has 1 saturated carbocycles. The molecule has 114 valence electrons. The third kappa shape index (κ3) is 3.51. The van der Waals surface area contributed by atoms with E-state index in [1.807, 2.05) is 0 Å². The van der Waals surface area contributed by atoms with Crippen LogP contribution in [0.3, 0.4) is 0 Å². The SMILES string of the molecule is CC(C)(C)c1csc(CC(CCl)(CCl)C2CCCC2)n1. The summed E-state index contributed by atoms with van der Waals surface area (Å²) in [7, 11) is 0. The number of rotatable bonds is 5. The van der Waals surface area contributed by atoms with Crippen LogP contribution in [0.5, 0.6) is 0 Å². The molecule has 0 atom stereocenters. The molecule has 0 aliphatic heterocycles. The second-order valence-corrected chi connectivity index (χ2v) is 8.64. The molecule has 1 aliphatic carbocycles. The molecule has 0 radical (unpaired) electrons. The van der Waals surface area contributed by atoms with Crippen molar-refractivity contribution in [3.05, 3.63) is 16.1 Å². The van der Waals surface area contributed by atoms with E-state index in [0.29, 0.717) is 17.7 Å². The summed E-state index contributed by atoms with van der Waals surface area (Å²) in [6, 6.07) is 0. The van der Waals surface area contributed by atoms with E-state index in [2.05, 4.69) is 26.2 Å². The molecular formula is C16H25Cl2NS. The number of hydrogen-bond donors (Lipinski definition) is 0. The molecule has 0 unspecified atom stereocenters. The van der Waals surface area contributed by atoms with E-state index in [-0.39, 0.29) is 10.8 Å². The molecule has 0 bridgehead atoms. The summed E-state index contributed by atoms with van der Waals surface area (Å²) in [4.78, 5) is 4.83. The second kappa shape index (κ2) is 6.54. The lowest BCUT2D eigenvalue weighted by Crippen LogP contribution is -2.35. The normalized spacial score (nSPS) is 17.9. The average molecular weight is 334 g/mol. The zero-order chi connectivity index (χ0) is 14.8. The summed E-state index contributed by atoms with van der Waals surface area (Å²) in [5.74, 6) is 1.96. The zero-order valence-corrected chi connectivity index (χ0v) is 15.0. The van der Waals surface area contributed by atoms with Gasteiger partial charge in [-0.25, -0.2) is 4.98 Å². The Morgan fingerprint density at radius 3 is 2.25 bits per heavy atom. The largest absolute Gasteiger partial charge is 0.246 e. The van der Waals surface area contributed by atoms with E-state index in [9.17, 15) is 0 Å². The van der Waals surface area contributed by atoms with E-state index < -0.39 is 0 Å².